The lowest BCUT2D eigenvalue weighted by Gasteiger charge is -2.29. The van der Waals surface area contributed by atoms with Crippen molar-refractivity contribution in [2.75, 3.05) is 32.1 Å². The summed E-state index contributed by atoms with van der Waals surface area (Å²) in [6, 6.07) is 5.05. The first-order valence-electron chi connectivity index (χ1n) is 7.39. The molecule has 1 aliphatic heterocycles. The van der Waals surface area contributed by atoms with Crippen molar-refractivity contribution < 1.29 is 19.4 Å². The monoisotopic (exact) mass is 306 g/mol. The number of aliphatic hydroxyl groups is 1. The Bertz CT molecular complexity index is 559. The van der Waals surface area contributed by atoms with Crippen molar-refractivity contribution in [2.45, 2.75) is 25.9 Å². The first-order valence-corrected chi connectivity index (χ1v) is 7.39. The Morgan fingerprint density at radius 3 is 2.91 bits per heavy atom. The number of benzene rings is 1. The minimum atomic E-state index is -0.436. The molecular formula is C16H22N2O4. The zero-order valence-corrected chi connectivity index (χ0v) is 13.0. The molecule has 1 aromatic rings. The number of carbonyl (C=O) groups is 2. The van der Waals surface area contributed by atoms with Gasteiger partial charge in [0.2, 0.25) is 5.91 Å². The van der Waals surface area contributed by atoms with Gasteiger partial charge in [-0.05, 0) is 44.0 Å². The summed E-state index contributed by atoms with van der Waals surface area (Å²) in [4.78, 5) is 25.6. The van der Waals surface area contributed by atoms with Gasteiger partial charge in [0.15, 0.2) is 0 Å². The largest absolute Gasteiger partial charge is 0.465 e. The van der Waals surface area contributed by atoms with E-state index < -0.39 is 5.97 Å². The van der Waals surface area contributed by atoms with Gasteiger partial charge in [-0.25, -0.2) is 4.79 Å². The van der Waals surface area contributed by atoms with Crippen LogP contribution in [0.25, 0.3) is 0 Å². The molecule has 1 aliphatic rings. The number of β-amino-alcohol motifs (C(OH)–C–C–N with tert-alkyl or cyclic N) is 1. The first-order chi connectivity index (χ1) is 10.5. The van der Waals surface area contributed by atoms with E-state index in [9.17, 15) is 14.7 Å². The van der Waals surface area contributed by atoms with Crippen LogP contribution in [0.15, 0.2) is 18.2 Å². The van der Waals surface area contributed by atoms with E-state index in [2.05, 4.69) is 10.1 Å². The van der Waals surface area contributed by atoms with Crippen LogP contribution in [0.3, 0.4) is 0 Å². The van der Waals surface area contributed by atoms with Gasteiger partial charge >= 0.3 is 5.97 Å². The molecule has 6 nitrogen and oxygen atoms in total. The molecule has 1 unspecified atom stereocenters. The molecule has 0 spiro atoms. The Balaban J connectivity index is 2.00. The van der Waals surface area contributed by atoms with Gasteiger partial charge in [0.1, 0.15) is 0 Å². The molecule has 1 atom stereocenters. The third kappa shape index (κ3) is 4.29. The van der Waals surface area contributed by atoms with E-state index in [1.165, 1.54) is 7.11 Å². The van der Waals surface area contributed by atoms with Gasteiger partial charge in [0.25, 0.3) is 0 Å². The molecule has 0 radical (unpaired) electrons. The Morgan fingerprint density at radius 2 is 2.23 bits per heavy atom. The highest BCUT2D eigenvalue weighted by atomic mass is 16.5. The standard InChI is InChI=1S/C16H22N2O4/c1-11-5-6-12(16(21)22-2)8-14(11)17-15(20)10-18-7-3-4-13(19)9-18/h5-6,8,13,19H,3-4,7,9-10H2,1-2H3,(H,17,20). The van der Waals surface area contributed by atoms with Gasteiger partial charge in [0.05, 0.1) is 25.3 Å². The summed E-state index contributed by atoms with van der Waals surface area (Å²) < 4.78 is 4.68. The average molecular weight is 306 g/mol. The van der Waals surface area contributed by atoms with Crippen molar-refractivity contribution in [3.63, 3.8) is 0 Å². The first kappa shape index (κ1) is 16.5. The van der Waals surface area contributed by atoms with E-state index in [1.807, 2.05) is 11.8 Å². The summed E-state index contributed by atoms with van der Waals surface area (Å²) in [6.07, 6.45) is 1.33. The van der Waals surface area contributed by atoms with E-state index >= 15 is 0 Å². The fourth-order valence-corrected chi connectivity index (χ4v) is 2.57. The van der Waals surface area contributed by atoms with Crippen LogP contribution < -0.4 is 5.32 Å². The number of nitrogens with one attached hydrogen (secondary N) is 1. The number of carbonyl (C=O) groups excluding carboxylic acids is 2. The second-order valence-electron chi connectivity index (χ2n) is 5.60. The van der Waals surface area contributed by atoms with Crippen LogP contribution in [0.5, 0.6) is 0 Å². The maximum atomic E-state index is 12.1. The number of aryl methyl sites for hydroxylation is 1. The minimum absolute atomic E-state index is 0.154. The van der Waals surface area contributed by atoms with Crippen molar-refractivity contribution >= 4 is 17.6 Å². The number of hydrogen-bond donors (Lipinski definition) is 2. The number of hydrogen-bond acceptors (Lipinski definition) is 5. The number of esters is 1. The van der Waals surface area contributed by atoms with Crippen molar-refractivity contribution in [2.24, 2.45) is 0 Å². The van der Waals surface area contributed by atoms with Crippen molar-refractivity contribution in [3.8, 4) is 0 Å². The maximum Gasteiger partial charge on any atom is 0.337 e. The lowest BCUT2D eigenvalue weighted by Crippen LogP contribution is -2.42. The minimum Gasteiger partial charge on any atom is -0.465 e. The van der Waals surface area contributed by atoms with Gasteiger partial charge in [0, 0.05) is 12.2 Å². The van der Waals surface area contributed by atoms with Crippen LogP contribution in [-0.4, -0.2) is 54.7 Å². The summed E-state index contributed by atoms with van der Waals surface area (Å²) in [5, 5.41) is 12.4. The highest BCUT2D eigenvalue weighted by molar-refractivity contribution is 5.96. The number of anilines is 1. The highest BCUT2D eigenvalue weighted by Crippen LogP contribution is 2.18. The Hall–Kier alpha value is -1.92. The van der Waals surface area contributed by atoms with Crippen LogP contribution in [0.4, 0.5) is 5.69 Å². The quantitative estimate of drug-likeness (QED) is 0.817. The predicted octanol–water partition coefficient (Wildman–Crippen LogP) is 1.18. The number of nitrogens with zero attached hydrogens (tertiary/aromatic N) is 1. The van der Waals surface area contributed by atoms with E-state index in [-0.39, 0.29) is 18.6 Å². The smallest absolute Gasteiger partial charge is 0.337 e. The maximum absolute atomic E-state index is 12.1. The normalized spacial score (nSPS) is 18.8. The molecule has 0 saturated carbocycles. The zero-order chi connectivity index (χ0) is 16.1. The van der Waals surface area contributed by atoms with Crippen LogP contribution in [0.1, 0.15) is 28.8 Å². The number of methoxy groups -OCH3 is 1. The van der Waals surface area contributed by atoms with E-state index in [0.29, 0.717) is 17.8 Å². The number of piperidine rings is 1. The van der Waals surface area contributed by atoms with Gasteiger partial charge in [-0.15, -0.1) is 0 Å². The second kappa shape index (κ2) is 7.38. The summed E-state index contributed by atoms with van der Waals surface area (Å²) in [5.41, 5.74) is 1.88. The zero-order valence-electron chi connectivity index (χ0n) is 13.0. The summed E-state index contributed by atoms with van der Waals surface area (Å²) in [5.74, 6) is -0.589. The molecule has 1 fully saturated rings. The molecule has 0 bridgehead atoms. The molecule has 1 aromatic carbocycles. The molecule has 120 valence electrons. The average Bonchev–Trinajstić information content (AvgIpc) is 2.48. The van der Waals surface area contributed by atoms with Crippen molar-refractivity contribution in [3.05, 3.63) is 29.3 Å². The Morgan fingerprint density at radius 1 is 1.45 bits per heavy atom. The number of amides is 1. The van der Waals surface area contributed by atoms with Crippen LogP contribution in [0, 0.1) is 6.92 Å². The van der Waals surface area contributed by atoms with Crippen LogP contribution >= 0.6 is 0 Å². The SMILES string of the molecule is COC(=O)c1ccc(C)c(NC(=O)CN2CCCC(O)C2)c1. The topological polar surface area (TPSA) is 78.9 Å². The Labute approximate surface area is 130 Å². The summed E-state index contributed by atoms with van der Waals surface area (Å²) >= 11 is 0. The van der Waals surface area contributed by atoms with Gasteiger partial charge in [-0.1, -0.05) is 6.07 Å². The summed E-state index contributed by atoms with van der Waals surface area (Å²) in [6.45, 7) is 3.43. The number of rotatable bonds is 4. The fourth-order valence-electron chi connectivity index (χ4n) is 2.57. The molecule has 2 N–H and O–H groups in total. The predicted molar refractivity (Wildman–Crippen MR) is 82.8 cm³/mol. The van der Waals surface area contributed by atoms with E-state index in [4.69, 9.17) is 0 Å². The lowest BCUT2D eigenvalue weighted by molar-refractivity contribution is -0.118. The van der Waals surface area contributed by atoms with Crippen molar-refractivity contribution in [1.29, 1.82) is 0 Å². The van der Waals surface area contributed by atoms with E-state index in [1.54, 1.807) is 18.2 Å². The van der Waals surface area contributed by atoms with Gasteiger partial charge in [-0.3, -0.25) is 9.69 Å². The molecule has 2 rings (SSSR count). The number of likely N-dealkylation sites (tertiary alicyclic amines) is 1. The van der Waals surface area contributed by atoms with Gasteiger partial charge < -0.3 is 15.2 Å². The van der Waals surface area contributed by atoms with Crippen molar-refractivity contribution in [1.82, 2.24) is 4.90 Å². The number of aliphatic hydroxyl groups excluding tert-OH is 1. The highest BCUT2D eigenvalue weighted by Gasteiger charge is 2.20. The third-order valence-electron chi connectivity index (χ3n) is 3.78. The van der Waals surface area contributed by atoms with Crippen LogP contribution in [-0.2, 0) is 9.53 Å². The molecule has 22 heavy (non-hydrogen) atoms. The summed E-state index contributed by atoms with van der Waals surface area (Å²) in [7, 11) is 1.32. The number of ether oxygens (including phenoxy) is 1. The van der Waals surface area contributed by atoms with Gasteiger partial charge in [-0.2, -0.15) is 0 Å². The molecule has 0 aromatic heterocycles. The molecule has 1 heterocycles. The fraction of sp³-hybridized carbons (Fsp3) is 0.500. The van der Waals surface area contributed by atoms with E-state index in [0.717, 1.165) is 24.9 Å². The molecule has 6 heteroatoms. The lowest BCUT2D eigenvalue weighted by atomic mass is 10.1. The molecular weight excluding hydrogens is 284 g/mol. The Kier molecular flexibility index (Phi) is 5.51. The molecule has 1 amide bonds. The molecule has 0 aliphatic carbocycles. The second-order valence-corrected chi connectivity index (χ2v) is 5.60. The molecule has 1 saturated heterocycles. The third-order valence-corrected chi connectivity index (χ3v) is 3.78. The van der Waals surface area contributed by atoms with Crippen LogP contribution in [0.2, 0.25) is 0 Å².